The van der Waals surface area contributed by atoms with E-state index in [2.05, 4.69) is 40.8 Å². The average molecular weight is 502 g/mol. The Morgan fingerprint density at radius 3 is 2.65 bits per heavy atom. The fourth-order valence-electron chi connectivity index (χ4n) is 5.68. The fraction of sp³-hybridized carbons (Fsp3) is 0.483. The van der Waals surface area contributed by atoms with Crippen LogP contribution in [0.2, 0.25) is 0 Å². The van der Waals surface area contributed by atoms with Crippen molar-refractivity contribution in [2.45, 2.75) is 45.1 Å². The molecule has 0 unspecified atom stereocenters. The van der Waals surface area contributed by atoms with Crippen LogP contribution in [0.15, 0.2) is 36.5 Å². The van der Waals surface area contributed by atoms with E-state index in [1.807, 2.05) is 25.3 Å². The lowest BCUT2D eigenvalue weighted by Crippen LogP contribution is -2.49. The molecule has 0 amide bonds. The van der Waals surface area contributed by atoms with Crippen LogP contribution in [-0.2, 0) is 14.9 Å². The number of nitrogens with zero attached hydrogens (tertiary/aromatic N) is 4. The summed E-state index contributed by atoms with van der Waals surface area (Å²) < 4.78 is 11.0. The summed E-state index contributed by atoms with van der Waals surface area (Å²) in [4.78, 5) is 26.2. The van der Waals surface area contributed by atoms with Gasteiger partial charge in [-0.15, -0.1) is 0 Å². The van der Waals surface area contributed by atoms with Crippen LogP contribution in [0.3, 0.4) is 0 Å². The number of aromatic nitrogens is 2. The molecule has 37 heavy (non-hydrogen) atoms. The Labute approximate surface area is 218 Å². The molecule has 2 fully saturated rings. The summed E-state index contributed by atoms with van der Waals surface area (Å²) in [6.07, 6.45) is 4.10. The van der Waals surface area contributed by atoms with Crippen LogP contribution in [0.1, 0.15) is 60.8 Å². The number of carbonyl (C=O) groups is 1. The number of carbonyl (C=O) groups excluding carboxylic acids is 1. The lowest BCUT2D eigenvalue weighted by atomic mass is 9.80. The van der Waals surface area contributed by atoms with Crippen LogP contribution in [-0.4, -0.2) is 72.9 Å². The van der Waals surface area contributed by atoms with E-state index in [0.717, 1.165) is 80.2 Å². The predicted molar refractivity (Wildman–Crippen MR) is 143 cm³/mol. The summed E-state index contributed by atoms with van der Waals surface area (Å²) in [6.45, 7) is 12.0. The summed E-state index contributed by atoms with van der Waals surface area (Å²) in [5.74, 6) is 0.604. The number of morpholine rings is 1. The molecule has 4 heterocycles. The van der Waals surface area contributed by atoms with Crippen molar-refractivity contribution < 1.29 is 14.3 Å². The molecule has 0 aliphatic carbocycles. The number of nitriles is 1. The number of ether oxygens (including phenoxy) is 2. The summed E-state index contributed by atoms with van der Waals surface area (Å²) in [6, 6.07) is 12.3. The molecule has 8 nitrogen and oxygen atoms in total. The predicted octanol–water partition coefficient (Wildman–Crippen LogP) is 4.24. The van der Waals surface area contributed by atoms with Crippen molar-refractivity contribution in [2.24, 2.45) is 0 Å². The Balaban J connectivity index is 1.44. The molecule has 2 saturated heterocycles. The summed E-state index contributed by atoms with van der Waals surface area (Å²) >= 11 is 0. The first-order valence-corrected chi connectivity index (χ1v) is 13.2. The van der Waals surface area contributed by atoms with Crippen molar-refractivity contribution in [3.05, 3.63) is 58.9 Å². The van der Waals surface area contributed by atoms with Gasteiger partial charge in [0.25, 0.3) is 0 Å². The molecule has 0 atom stereocenters. The van der Waals surface area contributed by atoms with Crippen LogP contribution in [0, 0.1) is 11.3 Å². The molecule has 0 radical (unpaired) electrons. The maximum Gasteiger partial charge on any atom is 0.340 e. The van der Waals surface area contributed by atoms with Crippen molar-refractivity contribution >= 4 is 22.7 Å². The monoisotopic (exact) mass is 501 g/mol. The Hall–Kier alpha value is -3.41. The van der Waals surface area contributed by atoms with Crippen molar-refractivity contribution in [3.63, 3.8) is 0 Å². The molecule has 8 heteroatoms. The highest BCUT2D eigenvalue weighted by molar-refractivity contribution is 6.06. The van der Waals surface area contributed by atoms with Gasteiger partial charge in [-0.25, -0.2) is 9.78 Å². The minimum atomic E-state index is -0.530. The topological polar surface area (TPSA) is 94.5 Å². The van der Waals surface area contributed by atoms with E-state index in [1.54, 1.807) is 12.1 Å². The maximum atomic E-state index is 13.1. The van der Waals surface area contributed by atoms with E-state index in [0.29, 0.717) is 23.8 Å². The van der Waals surface area contributed by atoms with Gasteiger partial charge in [0.15, 0.2) is 0 Å². The van der Waals surface area contributed by atoms with Crippen molar-refractivity contribution in [3.8, 4) is 6.07 Å². The van der Waals surface area contributed by atoms with Crippen LogP contribution >= 0.6 is 0 Å². The minimum absolute atomic E-state index is 0.293. The van der Waals surface area contributed by atoms with Crippen molar-refractivity contribution in [1.29, 1.82) is 5.26 Å². The molecule has 0 spiro atoms. The van der Waals surface area contributed by atoms with Gasteiger partial charge in [-0.05, 0) is 49.6 Å². The lowest BCUT2D eigenvalue weighted by molar-refractivity contribution is 0.0115. The molecule has 194 valence electrons. The normalized spacial score (nSPS) is 17.6. The number of aromatic amines is 1. The number of piperidine rings is 1. The number of esters is 1. The minimum Gasteiger partial charge on any atom is -0.462 e. The Morgan fingerprint density at radius 2 is 1.95 bits per heavy atom. The molecule has 2 aliphatic rings. The van der Waals surface area contributed by atoms with Gasteiger partial charge in [0, 0.05) is 60.4 Å². The number of benzene rings is 1. The van der Waals surface area contributed by atoms with E-state index in [1.165, 1.54) is 0 Å². The number of hydrogen-bond donors (Lipinski definition) is 1. The van der Waals surface area contributed by atoms with Crippen LogP contribution in [0.5, 0.6) is 0 Å². The number of rotatable bonds is 6. The number of hydrogen-bond acceptors (Lipinski definition) is 7. The number of pyridine rings is 1. The summed E-state index contributed by atoms with van der Waals surface area (Å²) in [5.41, 5.74) is 3.13. The van der Waals surface area contributed by atoms with Gasteiger partial charge in [0.1, 0.15) is 5.82 Å². The molecule has 5 rings (SSSR count). The number of H-pyrrole nitrogens is 1. The highest BCUT2D eigenvalue weighted by Gasteiger charge is 2.34. The second-order valence-corrected chi connectivity index (χ2v) is 10.4. The summed E-state index contributed by atoms with van der Waals surface area (Å²) in [5, 5.41) is 10.1. The maximum absolute atomic E-state index is 13.1. The van der Waals surface area contributed by atoms with Gasteiger partial charge in [0.05, 0.1) is 37.0 Å². The standard InChI is InChI=1S/C29H35N5O3/c1-4-37-28(35)26-23-6-5-20(19-30)17-24(23)32-27(26)29(2,3)21-7-10-31-25(18-21)34-11-8-22(9-12-34)33-13-15-36-16-14-33/h5-7,10,17-18,22,32H,4,8-9,11-16H2,1-3H3. The Bertz CT molecular complexity index is 1310. The van der Waals surface area contributed by atoms with Gasteiger partial charge in [-0.2, -0.15) is 5.26 Å². The third kappa shape index (κ3) is 4.94. The first-order valence-electron chi connectivity index (χ1n) is 13.2. The van der Waals surface area contributed by atoms with E-state index < -0.39 is 5.41 Å². The van der Waals surface area contributed by atoms with Gasteiger partial charge in [0.2, 0.25) is 0 Å². The molecule has 1 aromatic carbocycles. The SMILES string of the molecule is CCOC(=O)c1c(C(C)(C)c2ccnc(N3CCC(N4CCOCC4)CC3)c2)[nH]c2cc(C#N)ccc12. The zero-order valence-electron chi connectivity index (χ0n) is 21.9. The first kappa shape index (κ1) is 25.2. The number of fused-ring (bicyclic) bond motifs is 1. The van der Waals surface area contributed by atoms with Gasteiger partial charge >= 0.3 is 5.97 Å². The van der Waals surface area contributed by atoms with Crippen LogP contribution in [0.4, 0.5) is 5.82 Å². The molecule has 3 aromatic rings. The number of anilines is 1. The second-order valence-electron chi connectivity index (χ2n) is 10.4. The van der Waals surface area contributed by atoms with E-state index in [4.69, 9.17) is 14.5 Å². The van der Waals surface area contributed by atoms with Gasteiger partial charge < -0.3 is 19.4 Å². The fourth-order valence-corrected chi connectivity index (χ4v) is 5.68. The highest BCUT2D eigenvalue weighted by Crippen LogP contribution is 2.38. The quantitative estimate of drug-likeness (QED) is 0.505. The van der Waals surface area contributed by atoms with E-state index in [9.17, 15) is 10.1 Å². The summed E-state index contributed by atoms with van der Waals surface area (Å²) in [7, 11) is 0. The molecular weight excluding hydrogens is 466 g/mol. The molecular formula is C29H35N5O3. The van der Waals surface area contributed by atoms with E-state index in [-0.39, 0.29) is 5.97 Å². The molecule has 0 saturated carbocycles. The average Bonchev–Trinajstić information content (AvgIpc) is 3.34. The Kier molecular flexibility index (Phi) is 7.18. The third-order valence-electron chi connectivity index (χ3n) is 7.85. The molecule has 2 aromatic heterocycles. The Morgan fingerprint density at radius 1 is 1.19 bits per heavy atom. The van der Waals surface area contributed by atoms with Gasteiger partial charge in [-0.3, -0.25) is 4.90 Å². The third-order valence-corrected chi connectivity index (χ3v) is 7.85. The first-order chi connectivity index (χ1) is 17.9. The van der Waals surface area contributed by atoms with E-state index >= 15 is 0 Å². The molecule has 1 N–H and O–H groups in total. The zero-order chi connectivity index (χ0) is 26.0. The van der Waals surface area contributed by atoms with Gasteiger partial charge in [-0.1, -0.05) is 19.9 Å². The molecule has 2 aliphatic heterocycles. The van der Waals surface area contributed by atoms with Crippen molar-refractivity contribution in [1.82, 2.24) is 14.9 Å². The lowest BCUT2D eigenvalue weighted by Gasteiger charge is -2.40. The zero-order valence-corrected chi connectivity index (χ0v) is 21.9. The molecule has 0 bridgehead atoms. The van der Waals surface area contributed by atoms with Crippen molar-refractivity contribution in [2.75, 3.05) is 50.9 Å². The largest absolute Gasteiger partial charge is 0.462 e. The smallest absolute Gasteiger partial charge is 0.340 e. The van der Waals surface area contributed by atoms with Crippen LogP contribution < -0.4 is 4.90 Å². The highest BCUT2D eigenvalue weighted by atomic mass is 16.5. The second kappa shape index (κ2) is 10.5. The van der Waals surface area contributed by atoms with Crippen LogP contribution in [0.25, 0.3) is 10.9 Å². The number of nitrogens with one attached hydrogen (secondary N) is 1.